The standard InChI is InChI=1S/C10H8O2S/c11-10(13)8-5-7-3-1-2-4-9(7)12-6-8/h1-5H,6H2,(H,11,13). The number of carbonyl (C=O) groups excluding carboxylic acids is 1. The lowest BCUT2D eigenvalue weighted by Gasteiger charge is -2.15. The third-order valence-electron chi connectivity index (χ3n) is 1.91. The van der Waals surface area contributed by atoms with Crippen LogP contribution in [0, 0.1) is 0 Å². The fraction of sp³-hybridized carbons (Fsp3) is 0.100. The fourth-order valence-corrected chi connectivity index (χ4v) is 1.37. The van der Waals surface area contributed by atoms with E-state index in [0.717, 1.165) is 11.3 Å². The van der Waals surface area contributed by atoms with Gasteiger partial charge in [0.1, 0.15) is 12.4 Å². The van der Waals surface area contributed by atoms with Crippen molar-refractivity contribution in [1.29, 1.82) is 0 Å². The van der Waals surface area contributed by atoms with Gasteiger partial charge in [0, 0.05) is 11.1 Å². The first kappa shape index (κ1) is 8.38. The predicted octanol–water partition coefficient (Wildman–Crippen LogP) is 1.92. The first-order valence-corrected chi connectivity index (χ1v) is 4.38. The van der Waals surface area contributed by atoms with Crippen LogP contribution >= 0.6 is 12.6 Å². The van der Waals surface area contributed by atoms with Crippen molar-refractivity contribution in [2.24, 2.45) is 0 Å². The average Bonchev–Trinajstić information content (AvgIpc) is 2.17. The maximum atomic E-state index is 10.9. The molecule has 2 rings (SSSR count). The number of hydrogen-bond donors (Lipinski definition) is 1. The van der Waals surface area contributed by atoms with Crippen LogP contribution in [-0.4, -0.2) is 11.7 Å². The van der Waals surface area contributed by atoms with Crippen LogP contribution in [0.4, 0.5) is 0 Å². The van der Waals surface area contributed by atoms with Crippen molar-refractivity contribution >= 4 is 23.8 Å². The van der Waals surface area contributed by atoms with Gasteiger partial charge >= 0.3 is 0 Å². The van der Waals surface area contributed by atoms with E-state index >= 15 is 0 Å². The Bertz CT molecular complexity index is 382. The number of fused-ring (bicyclic) bond motifs is 1. The minimum absolute atomic E-state index is 0.227. The van der Waals surface area contributed by atoms with Crippen LogP contribution in [0.3, 0.4) is 0 Å². The highest BCUT2D eigenvalue weighted by Crippen LogP contribution is 2.26. The van der Waals surface area contributed by atoms with Gasteiger partial charge in [-0.3, -0.25) is 4.79 Å². The molecule has 0 amide bonds. The molecule has 0 saturated heterocycles. The molecular weight excluding hydrogens is 184 g/mol. The van der Waals surface area contributed by atoms with E-state index in [1.54, 1.807) is 0 Å². The van der Waals surface area contributed by atoms with Gasteiger partial charge in [0.05, 0.1) is 0 Å². The van der Waals surface area contributed by atoms with Crippen molar-refractivity contribution < 1.29 is 9.53 Å². The zero-order valence-electron chi connectivity index (χ0n) is 6.86. The minimum Gasteiger partial charge on any atom is -0.488 e. The maximum Gasteiger partial charge on any atom is 0.215 e. The minimum atomic E-state index is -0.227. The van der Waals surface area contributed by atoms with Gasteiger partial charge in [-0.05, 0) is 12.1 Å². The zero-order chi connectivity index (χ0) is 9.26. The van der Waals surface area contributed by atoms with E-state index in [1.165, 1.54) is 0 Å². The lowest BCUT2D eigenvalue weighted by atomic mass is 10.1. The number of benzene rings is 1. The van der Waals surface area contributed by atoms with Gasteiger partial charge in [0.25, 0.3) is 0 Å². The Labute approximate surface area is 81.6 Å². The number of para-hydroxylation sites is 1. The highest BCUT2D eigenvalue weighted by atomic mass is 32.1. The lowest BCUT2D eigenvalue weighted by molar-refractivity contribution is -0.108. The molecule has 13 heavy (non-hydrogen) atoms. The number of hydrogen-bond acceptors (Lipinski definition) is 2. The molecule has 1 aromatic rings. The summed E-state index contributed by atoms with van der Waals surface area (Å²) in [4.78, 5) is 10.9. The van der Waals surface area contributed by atoms with Crippen molar-refractivity contribution in [2.45, 2.75) is 0 Å². The Morgan fingerprint density at radius 1 is 1.38 bits per heavy atom. The molecule has 66 valence electrons. The van der Waals surface area contributed by atoms with Crippen molar-refractivity contribution in [1.82, 2.24) is 0 Å². The molecule has 1 heterocycles. The summed E-state index contributed by atoms with van der Waals surface area (Å²) in [6.07, 6.45) is 1.81. The molecule has 0 fully saturated rings. The van der Waals surface area contributed by atoms with Crippen LogP contribution in [0.1, 0.15) is 5.56 Å². The number of carbonyl (C=O) groups is 1. The highest BCUT2D eigenvalue weighted by Gasteiger charge is 2.13. The van der Waals surface area contributed by atoms with Gasteiger partial charge in [-0.25, -0.2) is 0 Å². The third-order valence-corrected chi connectivity index (χ3v) is 2.19. The Kier molecular flexibility index (Phi) is 2.10. The molecule has 0 N–H and O–H groups in total. The van der Waals surface area contributed by atoms with E-state index < -0.39 is 0 Å². The second-order valence-corrected chi connectivity index (χ2v) is 3.21. The second-order valence-electron chi connectivity index (χ2n) is 2.80. The van der Waals surface area contributed by atoms with Crippen molar-refractivity contribution in [3.05, 3.63) is 35.4 Å². The normalized spacial score (nSPS) is 14.1. The van der Waals surface area contributed by atoms with E-state index in [2.05, 4.69) is 12.6 Å². The van der Waals surface area contributed by atoms with Crippen LogP contribution in [0.25, 0.3) is 6.08 Å². The van der Waals surface area contributed by atoms with Gasteiger partial charge in [-0.1, -0.05) is 18.2 Å². The topological polar surface area (TPSA) is 26.3 Å². The van der Waals surface area contributed by atoms with Gasteiger partial charge in [0.2, 0.25) is 5.12 Å². The molecule has 1 aliphatic heterocycles. The van der Waals surface area contributed by atoms with E-state index in [4.69, 9.17) is 4.74 Å². The van der Waals surface area contributed by atoms with E-state index in [-0.39, 0.29) is 5.12 Å². The van der Waals surface area contributed by atoms with Crippen LogP contribution in [0.5, 0.6) is 5.75 Å². The number of thiol groups is 1. The molecule has 0 aliphatic carbocycles. The average molecular weight is 192 g/mol. The molecular formula is C10H8O2S. The van der Waals surface area contributed by atoms with Crippen LogP contribution in [0.2, 0.25) is 0 Å². The zero-order valence-corrected chi connectivity index (χ0v) is 7.75. The Hall–Kier alpha value is -1.22. The van der Waals surface area contributed by atoms with E-state index in [1.807, 2.05) is 30.3 Å². The molecule has 3 heteroatoms. The summed E-state index contributed by atoms with van der Waals surface area (Å²) in [7, 11) is 0. The predicted molar refractivity (Wildman–Crippen MR) is 53.9 cm³/mol. The Morgan fingerprint density at radius 3 is 2.92 bits per heavy atom. The molecule has 0 bridgehead atoms. The van der Waals surface area contributed by atoms with Crippen molar-refractivity contribution in [2.75, 3.05) is 6.61 Å². The molecule has 0 unspecified atom stereocenters. The molecule has 0 atom stereocenters. The molecule has 0 spiro atoms. The largest absolute Gasteiger partial charge is 0.488 e. The quantitative estimate of drug-likeness (QED) is 0.688. The number of rotatable bonds is 1. The van der Waals surface area contributed by atoms with E-state index in [9.17, 15) is 4.79 Å². The molecule has 0 aromatic heterocycles. The van der Waals surface area contributed by atoms with Gasteiger partial charge in [-0.2, -0.15) is 0 Å². The summed E-state index contributed by atoms with van der Waals surface area (Å²) in [6, 6.07) is 7.60. The summed E-state index contributed by atoms with van der Waals surface area (Å²) in [5.74, 6) is 0.820. The summed E-state index contributed by atoms with van der Waals surface area (Å²) < 4.78 is 5.36. The van der Waals surface area contributed by atoms with Crippen LogP contribution < -0.4 is 4.74 Å². The molecule has 0 saturated carbocycles. The van der Waals surface area contributed by atoms with Crippen molar-refractivity contribution in [3.8, 4) is 5.75 Å². The number of ether oxygens (including phenoxy) is 1. The summed E-state index contributed by atoms with van der Waals surface area (Å²) >= 11 is 3.75. The Morgan fingerprint density at radius 2 is 2.15 bits per heavy atom. The third kappa shape index (κ3) is 1.60. The summed E-state index contributed by atoms with van der Waals surface area (Å²) in [5.41, 5.74) is 1.54. The SMILES string of the molecule is O=C(S)C1=Cc2ccccc2OC1. The monoisotopic (exact) mass is 192 g/mol. The van der Waals surface area contributed by atoms with Crippen molar-refractivity contribution in [3.63, 3.8) is 0 Å². The van der Waals surface area contributed by atoms with Gasteiger partial charge in [0.15, 0.2) is 0 Å². The first-order valence-electron chi connectivity index (χ1n) is 3.93. The van der Waals surface area contributed by atoms with E-state index in [0.29, 0.717) is 12.2 Å². The molecule has 0 radical (unpaired) electrons. The second kappa shape index (κ2) is 3.26. The molecule has 1 aliphatic rings. The van der Waals surface area contributed by atoms with Gasteiger partial charge < -0.3 is 4.74 Å². The lowest BCUT2D eigenvalue weighted by Crippen LogP contribution is -2.11. The van der Waals surface area contributed by atoms with Crippen LogP contribution in [-0.2, 0) is 4.79 Å². The summed E-state index contributed by atoms with van der Waals surface area (Å²) in [5, 5.41) is -0.227. The molecule has 1 aromatic carbocycles. The summed E-state index contributed by atoms with van der Waals surface area (Å²) in [6.45, 7) is 0.319. The fourth-order valence-electron chi connectivity index (χ4n) is 1.24. The first-order chi connectivity index (χ1) is 6.27. The maximum absolute atomic E-state index is 10.9. The van der Waals surface area contributed by atoms with Gasteiger partial charge in [-0.15, -0.1) is 12.6 Å². The molecule has 2 nitrogen and oxygen atoms in total. The Balaban J connectivity index is 2.44. The highest BCUT2D eigenvalue weighted by molar-refractivity contribution is 7.97. The smallest absolute Gasteiger partial charge is 0.215 e. The van der Waals surface area contributed by atoms with Crippen LogP contribution in [0.15, 0.2) is 29.8 Å².